The molecular weight excluding hydrogens is 462 g/mol. The predicted octanol–water partition coefficient (Wildman–Crippen LogP) is 3.45. The Labute approximate surface area is 195 Å². The van der Waals surface area contributed by atoms with Crippen LogP contribution in [0.25, 0.3) is 5.65 Å². The van der Waals surface area contributed by atoms with Gasteiger partial charge in [-0.15, -0.1) is 10.2 Å². The first kappa shape index (κ1) is 21.4. The van der Waals surface area contributed by atoms with Crippen LogP contribution >= 0.6 is 11.6 Å². The Hall–Kier alpha value is -3.43. The van der Waals surface area contributed by atoms with Crippen LogP contribution in [0.3, 0.4) is 0 Å². The van der Waals surface area contributed by atoms with Crippen molar-refractivity contribution in [1.29, 1.82) is 0 Å². The van der Waals surface area contributed by atoms with Crippen molar-refractivity contribution >= 4 is 38.9 Å². The van der Waals surface area contributed by atoms with Gasteiger partial charge in [0, 0.05) is 12.7 Å². The molecule has 5 rings (SSSR count). The topological polar surface area (TPSA) is 96.7 Å². The van der Waals surface area contributed by atoms with Gasteiger partial charge in [0.1, 0.15) is 0 Å². The number of halogens is 1. The van der Waals surface area contributed by atoms with E-state index in [1.54, 1.807) is 16.7 Å². The smallest absolute Gasteiger partial charge is 0.264 e. The van der Waals surface area contributed by atoms with Crippen molar-refractivity contribution in [3.05, 3.63) is 88.8 Å². The van der Waals surface area contributed by atoms with Gasteiger partial charge in [-0.3, -0.25) is 13.5 Å². The maximum atomic E-state index is 13.5. The van der Waals surface area contributed by atoms with Crippen molar-refractivity contribution in [2.75, 3.05) is 10.8 Å². The fourth-order valence-corrected chi connectivity index (χ4v) is 5.75. The summed E-state index contributed by atoms with van der Waals surface area (Å²) in [6.07, 6.45) is 3.35. The Kier molecular flexibility index (Phi) is 5.51. The number of amides is 1. The third-order valence-corrected chi connectivity index (χ3v) is 7.77. The summed E-state index contributed by atoms with van der Waals surface area (Å²) in [5.74, 6) is 0.0487. The Bertz CT molecular complexity index is 1470. The maximum Gasteiger partial charge on any atom is 0.264 e. The van der Waals surface area contributed by atoms with Crippen molar-refractivity contribution in [1.82, 2.24) is 19.9 Å². The molecule has 3 heterocycles. The molecule has 1 aliphatic heterocycles. The van der Waals surface area contributed by atoms with Crippen LogP contribution in [-0.2, 0) is 23.0 Å². The average molecular weight is 482 g/mol. The highest BCUT2D eigenvalue weighted by atomic mass is 35.5. The number of fused-ring (bicyclic) bond motifs is 2. The molecule has 4 aromatic rings. The lowest BCUT2D eigenvalue weighted by atomic mass is 10.0. The number of anilines is 1. The molecule has 1 aliphatic rings. The third kappa shape index (κ3) is 3.94. The van der Waals surface area contributed by atoms with Crippen LogP contribution in [0.2, 0.25) is 5.02 Å². The van der Waals surface area contributed by atoms with Gasteiger partial charge in [0.15, 0.2) is 11.5 Å². The lowest BCUT2D eigenvalue weighted by Gasteiger charge is -2.30. The van der Waals surface area contributed by atoms with E-state index in [9.17, 15) is 13.2 Å². The van der Waals surface area contributed by atoms with E-state index >= 15 is 0 Å². The molecule has 33 heavy (non-hydrogen) atoms. The Morgan fingerprint density at radius 2 is 1.88 bits per heavy atom. The molecule has 0 atom stereocenters. The summed E-state index contributed by atoms with van der Waals surface area (Å²) in [6.45, 7) is 0.486. The summed E-state index contributed by atoms with van der Waals surface area (Å²) >= 11 is 6.26. The van der Waals surface area contributed by atoms with E-state index in [1.165, 1.54) is 22.5 Å². The normalized spacial score (nSPS) is 13.7. The molecule has 0 saturated carbocycles. The van der Waals surface area contributed by atoms with Gasteiger partial charge in [-0.2, -0.15) is 0 Å². The van der Waals surface area contributed by atoms with Gasteiger partial charge in [-0.1, -0.05) is 35.9 Å². The van der Waals surface area contributed by atoms with E-state index in [4.69, 9.17) is 11.6 Å². The SMILES string of the molecule is O=C(NCc1nnc2ccccn12)c1cc(S(=O)(=O)N2CCCc3ccccc32)ccc1Cl. The van der Waals surface area contributed by atoms with Crippen molar-refractivity contribution in [3.63, 3.8) is 0 Å². The molecule has 8 nitrogen and oxygen atoms in total. The second-order valence-corrected chi connectivity index (χ2v) is 9.95. The molecule has 0 fully saturated rings. The number of hydrogen-bond donors (Lipinski definition) is 1. The molecule has 0 radical (unpaired) electrons. The molecule has 0 aliphatic carbocycles. The summed E-state index contributed by atoms with van der Waals surface area (Å²) in [5, 5.41) is 11.1. The zero-order valence-corrected chi connectivity index (χ0v) is 19.1. The van der Waals surface area contributed by atoms with Gasteiger partial charge in [0.05, 0.1) is 27.7 Å². The van der Waals surface area contributed by atoms with Crippen LogP contribution in [0.1, 0.15) is 28.2 Å². The number of hydrogen-bond acceptors (Lipinski definition) is 5. The predicted molar refractivity (Wildman–Crippen MR) is 125 cm³/mol. The van der Waals surface area contributed by atoms with E-state index in [-0.39, 0.29) is 22.0 Å². The summed E-state index contributed by atoms with van der Waals surface area (Å²) < 4.78 is 30.1. The molecular formula is C23H20ClN5O3S. The zero-order valence-electron chi connectivity index (χ0n) is 17.5. The van der Waals surface area contributed by atoms with Crippen LogP contribution in [0, 0.1) is 0 Å². The highest BCUT2D eigenvalue weighted by Crippen LogP contribution is 2.32. The standard InChI is InChI=1S/C23H20ClN5O3S/c24-19-11-10-17(33(31,32)29-13-5-7-16-6-1-2-8-20(16)29)14-18(19)23(30)25-15-22-27-26-21-9-3-4-12-28(21)22/h1-4,6,8-12,14H,5,7,13,15H2,(H,25,30). The molecule has 0 spiro atoms. The molecule has 1 amide bonds. The van der Waals surface area contributed by atoms with E-state index in [0.717, 1.165) is 18.4 Å². The van der Waals surface area contributed by atoms with Gasteiger partial charge < -0.3 is 5.32 Å². The van der Waals surface area contributed by atoms with Crippen molar-refractivity contribution < 1.29 is 13.2 Å². The first-order valence-electron chi connectivity index (χ1n) is 10.4. The number of nitrogens with zero attached hydrogens (tertiary/aromatic N) is 4. The lowest BCUT2D eigenvalue weighted by molar-refractivity contribution is 0.0949. The minimum atomic E-state index is -3.87. The molecule has 10 heteroatoms. The highest BCUT2D eigenvalue weighted by Gasteiger charge is 2.30. The van der Waals surface area contributed by atoms with Crippen LogP contribution in [0.5, 0.6) is 0 Å². The number of rotatable bonds is 5. The fraction of sp³-hybridized carbons (Fsp3) is 0.174. The monoisotopic (exact) mass is 481 g/mol. The number of benzene rings is 2. The second-order valence-electron chi connectivity index (χ2n) is 7.68. The van der Waals surface area contributed by atoms with Crippen molar-refractivity contribution in [3.8, 4) is 0 Å². The lowest BCUT2D eigenvalue weighted by Crippen LogP contribution is -2.35. The quantitative estimate of drug-likeness (QED) is 0.471. The van der Waals surface area contributed by atoms with E-state index < -0.39 is 15.9 Å². The first-order valence-corrected chi connectivity index (χ1v) is 12.2. The summed E-state index contributed by atoms with van der Waals surface area (Å²) in [7, 11) is -3.87. The number of pyridine rings is 1. The number of nitrogens with one attached hydrogen (secondary N) is 1. The Morgan fingerprint density at radius 1 is 1.06 bits per heavy atom. The van der Waals surface area contributed by atoms with E-state index in [2.05, 4.69) is 15.5 Å². The molecule has 0 bridgehead atoms. The van der Waals surface area contributed by atoms with E-state index in [1.807, 2.05) is 36.4 Å². The first-order chi connectivity index (χ1) is 15.9. The molecule has 1 N–H and O–H groups in total. The minimum Gasteiger partial charge on any atom is -0.345 e. The Morgan fingerprint density at radius 3 is 2.76 bits per heavy atom. The highest BCUT2D eigenvalue weighted by molar-refractivity contribution is 7.92. The molecule has 0 unspecified atom stereocenters. The van der Waals surface area contributed by atoms with Gasteiger partial charge >= 0.3 is 0 Å². The third-order valence-electron chi connectivity index (χ3n) is 5.63. The van der Waals surface area contributed by atoms with Crippen LogP contribution in [0.15, 0.2) is 71.8 Å². The molecule has 2 aromatic carbocycles. The number of carbonyl (C=O) groups is 1. The van der Waals surface area contributed by atoms with Gasteiger partial charge in [-0.05, 0) is 54.8 Å². The second kappa shape index (κ2) is 8.49. The maximum absolute atomic E-state index is 13.5. The number of aryl methyl sites for hydroxylation is 1. The largest absolute Gasteiger partial charge is 0.345 e. The van der Waals surface area contributed by atoms with Gasteiger partial charge in [-0.25, -0.2) is 8.42 Å². The van der Waals surface area contributed by atoms with Crippen molar-refractivity contribution in [2.24, 2.45) is 0 Å². The van der Waals surface area contributed by atoms with Gasteiger partial charge in [0.2, 0.25) is 0 Å². The van der Waals surface area contributed by atoms with Crippen LogP contribution in [0.4, 0.5) is 5.69 Å². The number of sulfonamides is 1. The van der Waals surface area contributed by atoms with E-state index in [0.29, 0.717) is 23.7 Å². The Balaban J connectivity index is 1.41. The van der Waals surface area contributed by atoms with Crippen LogP contribution < -0.4 is 9.62 Å². The summed E-state index contributed by atoms with van der Waals surface area (Å²) in [4.78, 5) is 12.9. The average Bonchev–Trinajstić information content (AvgIpc) is 3.25. The summed E-state index contributed by atoms with van der Waals surface area (Å²) in [5.41, 5.74) is 2.40. The summed E-state index contributed by atoms with van der Waals surface area (Å²) in [6, 6.07) is 17.1. The number of carbonyl (C=O) groups excluding carboxylic acids is 1. The molecule has 168 valence electrons. The number of aromatic nitrogens is 3. The minimum absolute atomic E-state index is 0.0154. The molecule has 2 aromatic heterocycles. The fourth-order valence-electron chi connectivity index (χ4n) is 3.98. The van der Waals surface area contributed by atoms with Crippen molar-refractivity contribution in [2.45, 2.75) is 24.3 Å². The van der Waals surface area contributed by atoms with Gasteiger partial charge in [0.25, 0.3) is 15.9 Å². The number of para-hydroxylation sites is 1. The zero-order chi connectivity index (χ0) is 23.0. The van der Waals surface area contributed by atoms with Crippen LogP contribution in [-0.4, -0.2) is 35.5 Å². The molecule has 0 saturated heterocycles.